The number of hydrogen-bond acceptors (Lipinski definition) is 7. The van der Waals surface area contributed by atoms with Crippen LogP contribution in [0.2, 0.25) is 0 Å². The fraction of sp³-hybridized carbons (Fsp3) is 0.787. The molecule has 0 bridgehead atoms. The Hall–Kier alpha value is -2.03. The molecule has 3 N–H and O–H groups in total. The van der Waals surface area contributed by atoms with E-state index < -0.39 is 26.5 Å². The Labute approximate surface area is 349 Å². The highest BCUT2D eigenvalue weighted by atomic mass is 31.2. The average Bonchev–Trinajstić information content (AvgIpc) is 3.20. The monoisotopic (exact) mass is 824 g/mol. The van der Waals surface area contributed by atoms with Crippen LogP contribution < -0.4 is 5.32 Å². The van der Waals surface area contributed by atoms with E-state index in [9.17, 15) is 24.2 Å². The van der Waals surface area contributed by atoms with E-state index in [2.05, 4.69) is 67.8 Å². The maximum Gasteiger partial charge on any atom is 0.472 e. The van der Waals surface area contributed by atoms with Crippen molar-refractivity contribution < 1.29 is 37.9 Å². The van der Waals surface area contributed by atoms with Gasteiger partial charge in [0.2, 0.25) is 5.91 Å². The fourth-order valence-electron chi connectivity index (χ4n) is 6.27. The van der Waals surface area contributed by atoms with Crippen LogP contribution in [0.15, 0.2) is 48.6 Å². The molecule has 0 rings (SSSR count). The predicted octanol–water partition coefficient (Wildman–Crippen LogP) is 13.1. The van der Waals surface area contributed by atoms with Gasteiger partial charge in [-0.05, 0) is 70.6 Å². The third kappa shape index (κ3) is 44.9. The van der Waals surface area contributed by atoms with Crippen LogP contribution in [0.5, 0.6) is 0 Å². The summed E-state index contributed by atoms with van der Waals surface area (Å²) in [5.74, 6) is -0.533. The van der Waals surface area contributed by atoms with Crippen LogP contribution in [0.25, 0.3) is 0 Å². The van der Waals surface area contributed by atoms with Crippen LogP contribution in [0.3, 0.4) is 0 Å². The van der Waals surface area contributed by atoms with Gasteiger partial charge >= 0.3 is 13.8 Å². The van der Waals surface area contributed by atoms with Crippen molar-refractivity contribution in [2.75, 3.05) is 26.4 Å². The largest absolute Gasteiger partial charge is 0.472 e. The molecule has 1 amide bonds. The first-order valence-electron chi connectivity index (χ1n) is 23.1. The molecule has 0 aromatic rings. The van der Waals surface area contributed by atoms with Gasteiger partial charge in [-0.3, -0.25) is 18.6 Å². The number of amides is 1. The molecule has 0 radical (unpaired) electrons. The average molecular weight is 824 g/mol. The Morgan fingerprint density at radius 1 is 0.561 bits per heavy atom. The zero-order chi connectivity index (χ0) is 41.8. The molecule has 0 fully saturated rings. The Kier molecular flexibility index (Phi) is 42.0. The second kappa shape index (κ2) is 43.5. The van der Waals surface area contributed by atoms with E-state index in [-0.39, 0.29) is 32.1 Å². The van der Waals surface area contributed by atoms with Crippen LogP contribution >= 0.6 is 7.82 Å². The summed E-state index contributed by atoms with van der Waals surface area (Å²) in [7, 11) is -4.42. The van der Waals surface area contributed by atoms with Gasteiger partial charge in [-0.25, -0.2) is 4.57 Å². The first-order valence-corrected chi connectivity index (χ1v) is 24.6. The molecule has 0 heterocycles. The lowest BCUT2D eigenvalue weighted by Crippen LogP contribution is -2.27. The number of carbonyl (C=O) groups is 2. The summed E-state index contributed by atoms with van der Waals surface area (Å²) < 4.78 is 26.9. The number of nitrogens with one attached hydrogen (secondary N) is 1. The maximum absolute atomic E-state index is 12.1. The van der Waals surface area contributed by atoms with Gasteiger partial charge in [-0.2, -0.15) is 0 Å². The Morgan fingerprint density at radius 3 is 1.53 bits per heavy atom. The lowest BCUT2D eigenvalue weighted by Gasteiger charge is -2.15. The molecule has 0 saturated carbocycles. The minimum atomic E-state index is -4.42. The Balaban J connectivity index is 3.58. The van der Waals surface area contributed by atoms with Gasteiger partial charge in [-0.15, -0.1) is 0 Å². The van der Waals surface area contributed by atoms with Crippen molar-refractivity contribution in [1.29, 1.82) is 0 Å². The summed E-state index contributed by atoms with van der Waals surface area (Å²) in [6.07, 6.45) is 50.4. The number of allylic oxidation sites excluding steroid dienone is 8. The second-order valence-corrected chi connectivity index (χ2v) is 16.8. The van der Waals surface area contributed by atoms with Gasteiger partial charge in [0.05, 0.1) is 13.2 Å². The second-order valence-electron chi connectivity index (χ2n) is 15.3. The number of aliphatic hydroxyl groups excluding tert-OH is 1. The van der Waals surface area contributed by atoms with E-state index in [1.165, 1.54) is 103 Å². The topological polar surface area (TPSA) is 131 Å². The molecule has 0 aliphatic carbocycles. The number of ether oxygens (including phenoxy) is 1. The molecule has 0 spiro atoms. The van der Waals surface area contributed by atoms with Crippen molar-refractivity contribution in [2.24, 2.45) is 0 Å². The molecular formula is C47H86NO8P. The van der Waals surface area contributed by atoms with E-state index in [4.69, 9.17) is 13.8 Å². The molecule has 10 heteroatoms. The lowest BCUT2D eigenvalue weighted by molar-refractivity contribution is -0.147. The highest BCUT2D eigenvalue weighted by Crippen LogP contribution is 2.42. The lowest BCUT2D eigenvalue weighted by atomic mass is 10.0. The number of rotatable bonds is 43. The van der Waals surface area contributed by atoms with Gasteiger partial charge in [-0.1, -0.05) is 172 Å². The number of esters is 1. The number of unbranched alkanes of at least 4 members (excludes halogenated alkanes) is 22. The number of hydrogen-bond donors (Lipinski definition) is 3. The SMILES string of the molecule is CC/C=C\C/C=C\C/C=C\CCCCCCCC(=O)NCCOP(=O)(O)OCC(O)COC(=O)CCCCCCCCCCCCC/C=C/CCCCCCCC. The highest BCUT2D eigenvalue weighted by Gasteiger charge is 2.23. The Bertz CT molecular complexity index is 1080. The standard InChI is InChI=1S/C47H86NO8P/c1-3-5-7-9-11-13-15-17-19-20-21-22-23-24-26-28-30-32-34-36-38-40-47(51)54-43-45(49)44-56-57(52,53)55-42-41-48-46(50)39-37-35-33-31-29-27-25-18-16-14-12-10-8-6-4-2/h6,8,12,14,17-19,25,45,49H,3-5,7,9-11,13,15-16,20-24,26-44H2,1-2H3,(H,48,50)(H,52,53)/b8-6-,14-12-,19-17+,25-18-. The number of aliphatic hydroxyl groups is 1. The summed E-state index contributed by atoms with van der Waals surface area (Å²) in [6.45, 7) is 3.43. The zero-order valence-electron chi connectivity index (χ0n) is 36.5. The molecule has 332 valence electrons. The highest BCUT2D eigenvalue weighted by molar-refractivity contribution is 7.47. The molecule has 9 nitrogen and oxygen atoms in total. The van der Waals surface area contributed by atoms with Crippen LogP contribution in [0.4, 0.5) is 0 Å². The first kappa shape index (κ1) is 55.0. The molecule has 0 aliphatic rings. The van der Waals surface area contributed by atoms with Crippen LogP contribution in [0.1, 0.15) is 206 Å². The van der Waals surface area contributed by atoms with Crippen LogP contribution in [-0.4, -0.2) is 54.3 Å². The molecule has 57 heavy (non-hydrogen) atoms. The quantitative estimate of drug-likeness (QED) is 0.0240. The summed E-state index contributed by atoms with van der Waals surface area (Å²) >= 11 is 0. The number of phosphoric ester groups is 1. The van der Waals surface area contributed by atoms with Gasteiger partial charge in [0.25, 0.3) is 0 Å². The summed E-state index contributed by atoms with van der Waals surface area (Å²) in [4.78, 5) is 33.9. The summed E-state index contributed by atoms with van der Waals surface area (Å²) in [6, 6.07) is 0. The van der Waals surface area contributed by atoms with E-state index in [0.717, 1.165) is 77.0 Å². The third-order valence-electron chi connectivity index (χ3n) is 9.74. The van der Waals surface area contributed by atoms with E-state index >= 15 is 0 Å². The molecule has 0 aliphatic heterocycles. The minimum Gasteiger partial charge on any atom is -0.463 e. The minimum absolute atomic E-state index is 0.0712. The van der Waals surface area contributed by atoms with Crippen molar-refractivity contribution in [3.8, 4) is 0 Å². The molecule has 0 aromatic carbocycles. The van der Waals surface area contributed by atoms with Gasteiger partial charge in [0.1, 0.15) is 12.7 Å². The number of carbonyl (C=O) groups excluding carboxylic acids is 2. The summed E-state index contributed by atoms with van der Waals surface area (Å²) in [5.41, 5.74) is 0. The Morgan fingerprint density at radius 2 is 1.00 bits per heavy atom. The zero-order valence-corrected chi connectivity index (χ0v) is 37.4. The van der Waals surface area contributed by atoms with Gasteiger partial charge in [0.15, 0.2) is 0 Å². The van der Waals surface area contributed by atoms with Crippen LogP contribution in [-0.2, 0) is 27.9 Å². The van der Waals surface area contributed by atoms with Gasteiger partial charge in [0, 0.05) is 19.4 Å². The van der Waals surface area contributed by atoms with E-state index in [0.29, 0.717) is 6.42 Å². The van der Waals surface area contributed by atoms with Crippen molar-refractivity contribution in [2.45, 2.75) is 213 Å². The smallest absolute Gasteiger partial charge is 0.463 e. The van der Waals surface area contributed by atoms with E-state index in [1.807, 2.05) is 0 Å². The van der Waals surface area contributed by atoms with Gasteiger partial charge < -0.3 is 20.1 Å². The normalized spacial score (nSPS) is 13.7. The molecule has 2 atom stereocenters. The first-order chi connectivity index (χ1) is 27.8. The van der Waals surface area contributed by atoms with Crippen LogP contribution in [0, 0.1) is 0 Å². The number of phosphoric acid groups is 1. The molecular weight excluding hydrogens is 737 g/mol. The predicted molar refractivity (Wildman–Crippen MR) is 238 cm³/mol. The molecule has 0 saturated heterocycles. The van der Waals surface area contributed by atoms with Crippen molar-refractivity contribution in [3.63, 3.8) is 0 Å². The van der Waals surface area contributed by atoms with Crippen molar-refractivity contribution >= 4 is 19.7 Å². The van der Waals surface area contributed by atoms with E-state index in [1.54, 1.807) is 0 Å². The van der Waals surface area contributed by atoms with Crippen molar-refractivity contribution in [1.82, 2.24) is 5.32 Å². The summed E-state index contributed by atoms with van der Waals surface area (Å²) in [5, 5.41) is 12.7. The fourth-order valence-corrected chi connectivity index (χ4v) is 7.03. The third-order valence-corrected chi connectivity index (χ3v) is 10.7. The maximum atomic E-state index is 12.1. The molecule has 2 unspecified atom stereocenters. The van der Waals surface area contributed by atoms with Crippen molar-refractivity contribution in [3.05, 3.63) is 48.6 Å². The molecule has 0 aromatic heterocycles.